The first-order valence-electron chi connectivity index (χ1n) is 8.28. The average molecular weight is 383 g/mol. The second-order valence-electron chi connectivity index (χ2n) is 6.38. The van der Waals surface area contributed by atoms with Crippen LogP contribution in [0.5, 0.6) is 0 Å². The average Bonchev–Trinajstić information content (AvgIpc) is 2.98. The number of carbonyl (C=O) groups excluding carboxylic acids is 1. The predicted molar refractivity (Wildman–Crippen MR) is 103 cm³/mol. The van der Waals surface area contributed by atoms with Crippen molar-refractivity contribution in [1.29, 1.82) is 0 Å². The molecular formula is C19H15ClN4O3. The highest BCUT2D eigenvalue weighted by atomic mass is 35.5. The highest BCUT2D eigenvalue weighted by molar-refractivity contribution is 6.31. The molecule has 0 radical (unpaired) electrons. The van der Waals surface area contributed by atoms with E-state index in [1.807, 2.05) is 28.8 Å². The second-order valence-corrected chi connectivity index (χ2v) is 6.79. The van der Waals surface area contributed by atoms with Crippen molar-refractivity contribution in [3.63, 3.8) is 0 Å². The zero-order valence-electron chi connectivity index (χ0n) is 14.6. The molecule has 8 heteroatoms. The first-order chi connectivity index (χ1) is 12.9. The maximum atomic E-state index is 12.5. The zero-order chi connectivity index (χ0) is 19.3. The van der Waals surface area contributed by atoms with Crippen LogP contribution < -0.4 is 5.32 Å². The summed E-state index contributed by atoms with van der Waals surface area (Å²) in [5.74, 6) is 0.419. The van der Waals surface area contributed by atoms with Crippen LogP contribution in [0.3, 0.4) is 0 Å². The molecule has 1 N–H and O–H groups in total. The number of non-ortho nitro benzene ring substituents is 1. The first kappa shape index (κ1) is 17.2. The van der Waals surface area contributed by atoms with Gasteiger partial charge in [0.15, 0.2) is 5.78 Å². The molecular weight excluding hydrogens is 368 g/mol. The lowest BCUT2D eigenvalue weighted by Crippen LogP contribution is -2.27. The van der Waals surface area contributed by atoms with E-state index in [4.69, 9.17) is 11.6 Å². The molecule has 1 atom stereocenters. The standard InChI is InChI=1S/C19H15ClN4O3/c1-10-17(11(2)25)18(13-9-12(24(26)27)7-8-14(13)20)23-16-6-4-3-5-15(16)22-19(23)21-10/h3-9,18H,1-2H3,(H,21,22). The molecule has 3 aromatic rings. The lowest BCUT2D eigenvalue weighted by atomic mass is 9.92. The van der Waals surface area contributed by atoms with Crippen LogP contribution in [-0.4, -0.2) is 20.3 Å². The van der Waals surface area contributed by atoms with Crippen molar-refractivity contribution < 1.29 is 9.72 Å². The molecule has 27 heavy (non-hydrogen) atoms. The quantitative estimate of drug-likeness (QED) is 0.533. The number of rotatable bonds is 3. The topological polar surface area (TPSA) is 90.1 Å². The Labute approximate surface area is 159 Å². The number of hydrogen-bond donors (Lipinski definition) is 1. The number of benzene rings is 2. The molecule has 1 aliphatic heterocycles. The molecule has 0 spiro atoms. The summed E-state index contributed by atoms with van der Waals surface area (Å²) in [6.45, 7) is 3.26. The Morgan fingerprint density at radius 2 is 2.04 bits per heavy atom. The van der Waals surface area contributed by atoms with E-state index in [9.17, 15) is 14.9 Å². The number of fused-ring (bicyclic) bond motifs is 3. The molecule has 1 unspecified atom stereocenters. The number of hydrogen-bond acceptors (Lipinski definition) is 5. The van der Waals surface area contributed by atoms with Gasteiger partial charge in [0, 0.05) is 34.0 Å². The summed E-state index contributed by atoms with van der Waals surface area (Å²) >= 11 is 6.43. The summed E-state index contributed by atoms with van der Waals surface area (Å²) in [6, 6.07) is 11.2. The third kappa shape index (κ3) is 2.67. The summed E-state index contributed by atoms with van der Waals surface area (Å²) in [4.78, 5) is 27.9. The van der Waals surface area contributed by atoms with Gasteiger partial charge in [-0.2, -0.15) is 0 Å². The van der Waals surface area contributed by atoms with Crippen LogP contribution in [0.25, 0.3) is 11.0 Å². The van der Waals surface area contributed by atoms with Crippen molar-refractivity contribution in [3.8, 4) is 0 Å². The number of nitro groups is 1. The van der Waals surface area contributed by atoms with Crippen LogP contribution in [0.1, 0.15) is 25.5 Å². The number of ketones is 1. The lowest BCUT2D eigenvalue weighted by Gasteiger charge is -2.30. The molecule has 1 aromatic heterocycles. The Bertz CT molecular complexity index is 1150. The molecule has 136 valence electrons. The maximum absolute atomic E-state index is 12.5. The maximum Gasteiger partial charge on any atom is 0.269 e. The highest BCUT2D eigenvalue weighted by Crippen LogP contribution is 2.42. The van der Waals surface area contributed by atoms with Crippen LogP contribution in [0.4, 0.5) is 11.6 Å². The normalized spacial score (nSPS) is 16.2. The lowest BCUT2D eigenvalue weighted by molar-refractivity contribution is -0.384. The summed E-state index contributed by atoms with van der Waals surface area (Å²) < 4.78 is 1.87. The van der Waals surface area contributed by atoms with E-state index in [0.29, 0.717) is 27.8 Å². The smallest absolute Gasteiger partial charge is 0.269 e. The number of allylic oxidation sites excluding steroid dienone is 2. The fourth-order valence-corrected chi connectivity index (χ4v) is 3.79. The number of halogens is 1. The third-order valence-electron chi connectivity index (χ3n) is 4.70. The fourth-order valence-electron chi connectivity index (χ4n) is 3.57. The van der Waals surface area contributed by atoms with Crippen molar-refractivity contribution in [1.82, 2.24) is 9.55 Å². The number of nitro benzene ring substituents is 1. The van der Waals surface area contributed by atoms with E-state index in [2.05, 4.69) is 10.3 Å². The second kappa shape index (κ2) is 6.21. The largest absolute Gasteiger partial charge is 0.329 e. The zero-order valence-corrected chi connectivity index (χ0v) is 15.3. The van der Waals surface area contributed by atoms with Gasteiger partial charge in [0.2, 0.25) is 5.95 Å². The Morgan fingerprint density at radius 3 is 2.74 bits per heavy atom. The van der Waals surface area contributed by atoms with Gasteiger partial charge < -0.3 is 5.32 Å². The minimum Gasteiger partial charge on any atom is -0.329 e. The van der Waals surface area contributed by atoms with Crippen LogP contribution in [0.2, 0.25) is 5.02 Å². The van der Waals surface area contributed by atoms with Crippen molar-refractivity contribution in [2.45, 2.75) is 19.9 Å². The number of anilines is 1. The van der Waals surface area contributed by atoms with E-state index >= 15 is 0 Å². The van der Waals surface area contributed by atoms with E-state index in [0.717, 1.165) is 11.0 Å². The molecule has 0 amide bonds. The Morgan fingerprint density at radius 1 is 1.30 bits per heavy atom. The Balaban J connectivity index is 2.07. The van der Waals surface area contributed by atoms with Gasteiger partial charge in [-0.1, -0.05) is 23.7 Å². The molecule has 0 fully saturated rings. The van der Waals surface area contributed by atoms with Crippen LogP contribution in [0, 0.1) is 10.1 Å². The molecule has 0 saturated heterocycles. The molecule has 2 heterocycles. The molecule has 7 nitrogen and oxygen atoms in total. The van der Waals surface area contributed by atoms with Crippen LogP contribution in [-0.2, 0) is 4.79 Å². The van der Waals surface area contributed by atoms with E-state index in [-0.39, 0.29) is 11.5 Å². The Hall–Kier alpha value is -3.19. The van der Waals surface area contributed by atoms with Crippen LogP contribution >= 0.6 is 11.6 Å². The molecule has 0 bridgehead atoms. The van der Waals surface area contributed by atoms with Crippen molar-refractivity contribution in [2.24, 2.45) is 0 Å². The first-order valence-corrected chi connectivity index (χ1v) is 8.66. The summed E-state index contributed by atoms with van der Waals surface area (Å²) in [5.41, 5.74) is 3.11. The number of Topliss-reactive ketones (excluding diaryl/α,β-unsaturated/α-hetero) is 1. The number of carbonyl (C=O) groups is 1. The number of nitrogens with zero attached hydrogens (tertiary/aromatic N) is 3. The molecule has 4 rings (SSSR count). The van der Waals surface area contributed by atoms with Gasteiger partial charge in [0.25, 0.3) is 5.69 Å². The minimum absolute atomic E-state index is 0.0838. The van der Waals surface area contributed by atoms with Gasteiger partial charge >= 0.3 is 0 Å². The van der Waals surface area contributed by atoms with Crippen molar-refractivity contribution in [2.75, 3.05) is 5.32 Å². The summed E-state index contributed by atoms with van der Waals surface area (Å²) in [6.07, 6.45) is 0. The van der Waals surface area contributed by atoms with Gasteiger partial charge in [-0.25, -0.2) is 4.98 Å². The molecule has 1 aliphatic rings. The highest BCUT2D eigenvalue weighted by Gasteiger charge is 2.34. The predicted octanol–water partition coefficient (Wildman–Crippen LogP) is 4.48. The van der Waals surface area contributed by atoms with Crippen molar-refractivity contribution in [3.05, 3.63) is 74.4 Å². The van der Waals surface area contributed by atoms with Gasteiger partial charge in [-0.3, -0.25) is 19.5 Å². The van der Waals surface area contributed by atoms with E-state index in [1.54, 1.807) is 6.92 Å². The number of para-hydroxylation sites is 2. The molecule has 0 saturated carbocycles. The minimum atomic E-state index is -0.612. The van der Waals surface area contributed by atoms with E-state index < -0.39 is 11.0 Å². The monoisotopic (exact) mass is 382 g/mol. The summed E-state index contributed by atoms with van der Waals surface area (Å²) in [5, 5.41) is 14.8. The third-order valence-corrected chi connectivity index (χ3v) is 5.04. The van der Waals surface area contributed by atoms with Gasteiger partial charge in [-0.05, 0) is 32.0 Å². The number of nitrogens with one attached hydrogen (secondary N) is 1. The molecule has 2 aromatic carbocycles. The van der Waals surface area contributed by atoms with Crippen molar-refractivity contribution >= 4 is 40.1 Å². The van der Waals surface area contributed by atoms with Gasteiger partial charge in [0.05, 0.1) is 22.0 Å². The van der Waals surface area contributed by atoms with Gasteiger partial charge in [-0.15, -0.1) is 0 Å². The fraction of sp³-hybridized carbons (Fsp3) is 0.158. The number of imidazole rings is 1. The van der Waals surface area contributed by atoms with E-state index in [1.165, 1.54) is 25.1 Å². The molecule has 0 aliphatic carbocycles. The summed E-state index contributed by atoms with van der Waals surface area (Å²) in [7, 11) is 0. The SMILES string of the molecule is CC(=O)C1=C(C)Nc2nc3ccccc3n2C1c1cc([N+](=O)[O-])ccc1Cl. The van der Waals surface area contributed by atoms with Gasteiger partial charge in [0.1, 0.15) is 0 Å². The Kier molecular flexibility index (Phi) is 3.96. The van der Waals surface area contributed by atoms with Crippen LogP contribution in [0.15, 0.2) is 53.7 Å². The number of aromatic nitrogens is 2.